The van der Waals surface area contributed by atoms with Crippen molar-refractivity contribution in [3.05, 3.63) is 58.7 Å². The number of aliphatic carboxylic acids is 1. The minimum Gasteiger partial charge on any atom is -0.493 e. The number of ether oxygens (including phenoxy) is 4. The summed E-state index contributed by atoms with van der Waals surface area (Å²) in [4.78, 5) is 37.0. The summed E-state index contributed by atoms with van der Waals surface area (Å²) < 4.78 is 53.2. The number of hydrogen-bond donors (Lipinski definition) is 2. The van der Waals surface area contributed by atoms with Crippen molar-refractivity contribution in [2.45, 2.75) is 31.5 Å². The van der Waals surface area contributed by atoms with Crippen LogP contribution in [0.25, 0.3) is 12.2 Å². The Morgan fingerprint density at radius 2 is 1.27 bits per heavy atom. The first-order valence-corrected chi connectivity index (χ1v) is 13.4. The Balaban J connectivity index is 0.000000860. The highest BCUT2D eigenvalue weighted by atomic mass is 19.4. The first-order chi connectivity index (χ1) is 20.7. The molecule has 1 aliphatic carbocycles. The summed E-state index contributed by atoms with van der Waals surface area (Å²) in [5, 5.41) is 10.2. The molecule has 1 fully saturated rings. The first-order valence-electron chi connectivity index (χ1n) is 13.4. The topological polar surface area (TPSA) is 124 Å². The van der Waals surface area contributed by atoms with Gasteiger partial charge >= 0.3 is 12.1 Å². The third-order valence-corrected chi connectivity index (χ3v) is 6.41. The molecule has 2 aromatic carbocycles. The standard InChI is InChI=1S/C29H36N2O6.C2HF3O2/c1-31(2)12-11-28(32)30-23-17-21(13-19-7-9-24(34-3)26(15-19)36-5)29(33)22(18-23)14-20-8-10-25(35-4)27(16-20)37-6;3-2(4,5)1(6)7/h7-10,13-16,23H,11-12,17-18H2,1-6H3,(H,30,32);(H,6,7)/b21-13+,22-14+;. The quantitative estimate of drug-likeness (QED) is 0.366. The number of nitrogens with one attached hydrogen (secondary N) is 1. The molecule has 3 rings (SSSR count). The number of hydrogen-bond acceptors (Lipinski definition) is 8. The minimum atomic E-state index is -5.08. The molecule has 0 radical (unpaired) electrons. The van der Waals surface area contributed by atoms with Crippen LogP contribution in [0.4, 0.5) is 13.2 Å². The van der Waals surface area contributed by atoms with E-state index >= 15 is 0 Å². The van der Waals surface area contributed by atoms with Crippen LogP contribution in [0.2, 0.25) is 0 Å². The Labute approximate surface area is 254 Å². The molecule has 2 N–H and O–H groups in total. The molecule has 0 saturated heterocycles. The Kier molecular flexibility index (Phi) is 13.3. The summed E-state index contributed by atoms with van der Waals surface area (Å²) in [5.74, 6) is -0.469. The van der Waals surface area contributed by atoms with E-state index in [0.717, 1.165) is 11.1 Å². The lowest BCUT2D eigenvalue weighted by Gasteiger charge is -2.27. The van der Waals surface area contributed by atoms with Crippen LogP contribution in [-0.4, -0.2) is 89.0 Å². The highest BCUT2D eigenvalue weighted by Gasteiger charge is 2.38. The number of rotatable bonds is 10. The maximum absolute atomic E-state index is 13.6. The van der Waals surface area contributed by atoms with Gasteiger partial charge in [-0.25, -0.2) is 4.79 Å². The van der Waals surface area contributed by atoms with Crippen LogP contribution in [0.5, 0.6) is 23.0 Å². The number of amides is 1. The van der Waals surface area contributed by atoms with Gasteiger partial charge in [0, 0.05) is 30.2 Å². The van der Waals surface area contributed by atoms with Gasteiger partial charge in [0.1, 0.15) is 0 Å². The third kappa shape index (κ3) is 10.6. The van der Waals surface area contributed by atoms with Crippen LogP contribution < -0.4 is 24.3 Å². The normalized spacial score (nSPS) is 16.7. The van der Waals surface area contributed by atoms with E-state index in [9.17, 15) is 22.8 Å². The van der Waals surface area contributed by atoms with Crippen molar-refractivity contribution in [2.75, 3.05) is 49.1 Å². The number of carbonyl (C=O) groups excluding carboxylic acids is 2. The Morgan fingerprint density at radius 1 is 0.864 bits per heavy atom. The highest BCUT2D eigenvalue weighted by molar-refractivity contribution is 6.14. The van der Waals surface area contributed by atoms with Gasteiger partial charge in [0.25, 0.3) is 0 Å². The lowest BCUT2D eigenvalue weighted by atomic mass is 9.83. The fourth-order valence-corrected chi connectivity index (χ4v) is 4.26. The first kappa shape index (κ1) is 35.7. The molecule has 1 amide bonds. The summed E-state index contributed by atoms with van der Waals surface area (Å²) in [7, 11) is 10.2. The van der Waals surface area contributed by atoms with Gasteiger partial charge in [0.05, 0.1) is 28.4 Å². The van der Waals surface area contributed by atoms with Crippen molar-refractivity contribution in [2.24, 2.45) is 0 Å². The zero-order valence-corrected chi connectivity index (χ0v) is 25.4. The van der Waals surface area contributed by atoms with Gasteiger partial charge in [0.2, 0.25) is 5.91 Å². The number of carbonyl (C=O) groups is 3. The molecule has 0 bridgehead atoms. The molecule has 13 heteroatoms. The van der Waals surface area contributed by atoms with E-state index in [1.54, 1.807) is 40.6 Å². The Morgan fingerprint density at radius 3 is 1.61 bits per heavy atom. The summed E-state index contributed by atoms with van der Waals surface area (Å²) in [6, 6.07) is 10.8. The number of halogens is 3. The predicted octanol–water partition coefficient (Wildman–Crippen LogP) is 4.62. The van der Waals surface area contributed by atoms with Crippen LogP contribution in [0.1, 0.15) is 30.4 Å². The molecule has 10 nitrogen and oxygen atoms in total. The summed E-state index contributed by atoms with van der Waals surface area (Å²) in [6.45, 7) is 0.653. The lowest BCUT2D eigenvalue weighted by Crippen LogP contribution is -2.40. The van der Waals surface area contributed by atoms with Crippen LogP contribution in [-0.2, 0) is 14.4 Å². The number of carboxylic acids is 1. The van der Waals surface area contributed by atoms with E-state index < -0.39 is 12.1 Å². The molecule has 0 aliphatic heterocycles. The number of benzene rings is 2. The van der Waals surface area contributed by atoms with Gasteiger partial charge in [-0.3, -0.25) is 9.59 Å². The van der Waals surface area contributed by atoms with Gasteiger partial charge in [-0.1, -0.05) is 12.1 Å². The van der Waals surface area contributed by atoms with Crippen molar-refractivity contribution < 1.29 is 51.6 Å². The smallest absolute Gasteiger partial charge is 0.490 e. The van der Waals surface area contributed by atoms with E-state index in [4.69, 9.17) is 28.8 Å². The molecule has 0 atom stereocenters. The van der Waals surface area contributed by atoms with Crippen LogP contribution in [0, 0.1) is 0 Å². The van der Waals surface area contributed by atoms with Gasteiger partial charge in [-0.2, -0.15) is 13.2 Å². The molecule has 240 valence electrons. The summed E-state index contributed by atoms with van der Waals surface area (Å²) >= 11 is 0. The minimum absolute atomic E-state index is 0.0380. The second-order valence-electron chi connectivity index (χ2n) is 9.93. The van der Waals surface area contributed by atoms with Crippen LogP contribution in [0.3, 0.4) is 0 Å². The van der Waals surface area contributed by atoms with Crippen molar-refractivity contribution >= 4 is 29.8 Å². The lowest BCUT2D eigenvalue weighted by molar-refractivity contribution is -0.192. The number of nitrogens with zero attached hydrogens (tertiary/aromatic N) is 1. The van der Waals surface area contributed by atoms with Crippen molar-refractivity contribution in [3.63, 3.8) is 0 Å². The van der Waals surface area contributed by atoms with Gasteiger partial charge < -0.3 is 34.3 Å². The van der Waals surface area contributed by atoms with Gasteiger partial charge in [-0.05, 0) is 74.5 Å². The molecule has 0 spiro atoms. The zero-order chi connectivity index (χ0) is 33.0. The van der Waals surface area contributed by atoms with Gasteiger partial charge in [0.15, 0.2) is 28.8 Å². The molecule has 44 heavy (non-hydrogen) atoms. The largest absolute Gasteiger partial charge is 0.493 e. The third-order valence-electron chi connectivity index (χ3n) is 6.41. The van der Waals surface area contributed by atoms with E-state index in [-0.39, 0.29) is 17.7 Å². The monoisotopic (exact) mass is 622 g/mol. The number of ketones is 1. The Hall–Kier alpha value is -4.52. The molecule has 1 aliphatic rings. The van der Waals surface area contributed by atoms with Crippen molar-refractivity contribution in [1.82, 2.24) is 10.2 Å². The van der Waals surface area contributed by atoms with Crippen LogP contribution in [0.15, 0.2) is 47.5 Å². The number of carboxylic acid groups (broad SMARTS) is 1. The maximum atomic E-state index is 13.6. The number of alkyl halides is 3. The Bertz CT molecular complexity index is 1310. The fraction of sp³-hybridized carbons (Fsp3) is 0.387. The summed E-state index contributed by atoms with van der Waals surface area (Å²) in [5.41, 5.74) is 2.85. The average molecular weight is 623 g/mol. The maximum Gasteiger partial charge on any atom is 0.490 e. The molecule has 0 aromatic heterocycles. The number of Topliss-reactive ketones (excluding diaryl/α,β-unsaturated/α-hetero) is 1. The molecular weight excluding hydrogens is 585 g/mol. The van der Waals surface area contributed by atoms with Crippen molar-refractivity contribution in [3.8, 4) is 23.0 Å². The molecule has 1 saturated carbocycles. The SMILES string of the molecule is COc1ccc(/C=C2\CC(NC(=O)CCN(C)C)C/C(=C\c3ccc(OC)c(OC)c3)C2=O)cc1OC.O=C(O)C(F)(F)F. The van der Waals surface area contributed by atoms with Crippen LogP contribution >= 0.6 is 0 Å². The fourth-order valence-electron chi connectivity index (χ4n) is 4.26. The van der Waals surface area contributed by atoms with Gasteiger partial charge in [-0.15, -0.1) is 0 Å². The van der Waals surface area contributed by atoms with E-state index in [2.05, 4.69) is 5.32 Å². The molecule has 0 unspecified atom stereocenters. The summed E-state index contributed by atoms with van der Waals surface area (Å²) in [6.07, 6.45) is -0.120. The zero-order valence-electron chi connectivity index (χ0n) is 25.4. The average Bonchev–Trinajstić information content (AvgIpc) is 2.98. The highest BCUT2D eigenvalue weighted by Crippen LogP contribution is 2.33. The van der Waals surface area contributed by atoms with E-state index in [1.165, 1.54) is 0 Å². The molecule has 0 heterocycles. The second-order valence-corrected chi connectivity index (χ2v) is 9.93. The molecular formula is C31H37F3N2O8. The number of methoxy groups -OCH3 is 4. The second kappa shape index (κ2) is 16.4. The van der Waals surface area contributed by atoms with E-state index in [1.807, 2.05) is 55.4 Å². The predicted molar refractivity (Wildman–Crippen MR) is 158 cm³/mol. The van der Waals surface area contributed by atoms with E-state index in [0.29, 0.717) is 60.0 Å². The molecule has 2 aromatic rings. The van der Waals surface area contributed by atoms with Crippen molar-refractivity contribution in [1.29, 1.82) is 0 Å².